The number of carbonyl (C=O) groups excluding carboxylic acids is 1. The van der Waals surface area contributed by atoms with Gasteiger partial charge in [-0.05, 0) is 11.3 Å². The summed E-state index contributed by atoms with van der Waals surface area (Å²) in [7, 11) is 0. The van der Waals surface area contributed by atoms with Crippen LogP contribution in [0.3, 0.4) is 0 Å². The Morgan fingerprint density at radius 3 is 2.89 bits per heavy atom. The summed E-state index contributed by atoms with van der Waals surface area (Å²) in [5.74, 6) is -1.31. The van der Waals surface area contributed by atoms with Crippen LogP contribution in [0.4, 0.5) is 11.4 Å². The van der Waals surface area contributed by atoms with Crippen LogP contribution in [0.15, 0.2) is 18.2 Å². The minimum Gasteiger partial charge on any atom is -0.506 e. The number of H-pyrrole nitrogens is 1. The maximum Gasteiger partial charge on any atom is 0.297 e. The van der Waals surface area contributed by atoms with E-state index >= 15 is 0 Å². The molecule has 0 saturated heterocycles. The molecule has 0 aliphatic carbocycles. The summed E-state index contributed by atoms with van der Waals surface area (Å²) in [4.78, 5) is 21.4. The summed E-state index contributed by atoms with van der Waals surface area (Å²) in [5.41, 5.74) is -0.379. The smallest absolute Gasteiger partial charge is 0.297 e. The van der Waals surface area contributed by atoms with Crippen molar-refractivity contribution < 1.29 is 14.8 Å². The van der Waals surface area contributed by atoms with E-state index in [4.69, 9.17) is 0 Å². The van der Waals surface area contributed by atoms with Crippen molar-refractivity contribution in [1.82, 2.24) is 20.6 Å². The van der Waals surface area contributed by atoms with Gasteiger partial charge in [0.15, 0.2) is 0 Å². The zero-order valence-corrected chi connectivity index (χ0v) is 8.69. The predicted octanol–water partition coefficient (Wildman–Crippen LogP) is 0.0658. The molecule has 1 aromatic heterocycles. The lowest BCUT2D eigenvalue weighted by atomic mass is 10.2. The molecule has 0 aliphatic rings. The van der Waals surface area contributed by atoms with E-state index in [0.29, 0.717) is 0 Å². The molecule has 10 heteroatoms. The summed E-state index contributed by atoms with van der Waals surface area (Å²) in [6.45, 7) is 0. The second-order valence-corrected chi connectivity index (χ2v) is 3.15. The molecule has 0 aliphatic heterocycles. The van der Waals surface area contributed by atoms with Crippen LogP contribution in [0.5, 0.6) is 5.75 Å². The maximum atomic E-state index is 11.5. The summed E-state index contributed by atoms with van der Waals surface area (Å²) in [6, 6.07) is 3.23. The van der Waals surface area contributed by atoms with Gasteiger partial charge in [-0.3, -0.25) is 14.9 Å². The van der Waals surface area contributed by atoms with Crippen LogP contribution >= 0.6 is 0 Å². The Hall–Kier alpha value is -3.04. The van der Waals surface area contributed by atoms with Crippen LogP contribution in [0.2, 0.25) is 0 Å². The van der Waals surface area contributed by atoms with Gasteiger partial charge >= 0.3 is 0 Å². The molecule has 10 nitrogen and oxygen atoms in total. The van der Waals surface area contributed by atoms with E-state index < -0.39 is 10.8 Å². The third-order valence-electron chi connectivity index (χ3n) is 1.99. The first-order valence-electron chi connectivity index (χ1n) is 4.60. The third kappa shape index (κ3) is 2.21. The second kappa shape index (κ2) is 4.45. The SMILES string of the molecule is O=C(Nc1cc([N+](=O)[O-])ccc1O)c1nn[nH]n1. The number of phenolic OH excluding ortho intramolecular Hbond substituents is 1. The minimum atomic E-state index is -0.750. The third-order valence-corrected chi connectivity index (χ3v) is 1.99. The molecule has 1 aromatic carbocycles. The average Bonchev–Trinajstić information content (AvgIpc) is 2.85. The van der Waals surface area contributed by atoms with Crippen molar-refractivity contribution >= 4 is 17.3 Å². The van der Waals surface area contributed by atoms with Crippen LogP contribution in [0, 0.1) is 10.1 Å². The van der Waals surface area contributed by atoms with E-state index in [0.717, 1.165) is 18.2 Å². The topological polar surface area (TPSA) is 147 Å². The van der Waals surface area contributed by atoms with Gasteiger partial charge in [-0.2, -0.15) is 5.21 Å². The zero-order valence-electron chi connectivity index (χ0n) is 8.69. The van der Waals surface area contributed by atoms with Crippen molar-refractivity contribution in [3.05, 3.63) is 34.1 Å². The van der Waals surface area contributed by atoms with Crippen LogP contribution in [-0.4, -0.2) is 36.6 Å². The Morgan fingerprint density at radius 1 is 1.50 bits per heavy atom. The molecular formula is C8H6N6O4. The van der Waals surface area contributed by atoms with Crippen molar-refractivity contribution in [2.24, 2.45) is 0 Å². The van der Waals surface area contributed by atoms with E-state index in [2.05, 4.69) is 25.9 Å². The predicted molar refractivity (Wildman–Crippen MR) is 56.9 cm³/mol. The van der Waals surface area contributed by atoms with Gasteiger partial charge in [-0.15, -0.1) is 10.2 Å². The lowest BCUT2D eigenvalue weighted by Gasteiger charge is -2.04. The highest BCUT2D eigenvalue weighted by Gasteiger charge is 2.16. The molecule has 0 radical (unpaired) electrons. The first kappa shape index (κ1) is 11.4. The van der Waals surface area contributed by atoms with Crippen molar-refractivity contribution in [1.29, 1.82) is 0 Å². The number of aromatic amines is 1. The number of nitro benzene ring substituents is 1. The van der Waals surface area contributed by atoms with Crippen molar-refractivity contribution in [3.8, 4) is 5.75 Å². The fourth-order valence-electron chi connectivity index (χ4n) is 1.17. The standard InChI is InChI=1S/C8H6N6O4/c15-6-2-1-4(14(17)18)3-5(6)9-8(16)7-10-12-13-11-7/h1-3,15H,(H,9,16)(H,10,11,12,13). The number of nitro groups is 1. The number of amides is 1. The van der Waals surface area contributed by atoms with Gasteiger partial charge in [0.25, 0.3) is 17.4 Å². The summed E-state index contributed by atoms with van der Waals surface area (Å²) < 4.78 is 0. The van der Waals surface area contributed by atoms with E-state index in [-0.39, 0.29) is 22.9 Å². The number of hydrogen-bond acceptors (Lipinski definition) is 7. The van der Waals surface area contributed by atoms with Crippen LogP contribution in [0.1, 0.15) is 10.6 Å². The fourth-order valence-corrected chi connectivity index (χ4v) is 1.17. The number of nitrogens with one attached hydrogen (secondary N) is 2. The fraction of sp³-hybridized carbons (Fsp3) is 0. The lowest BCUT2D eigenvalue weighted by Crippen LogP contribution is -2.14. The number of non-ortho nitro benzene ring substituents is 1. The van der Waals surface area contributed by atoms with Crippen LogP contribution in [0.25, 0.3) is 0 Å². The van der Waals surface area contributed by atoms with Gasteiger partial charge in [0.1, 0.15) is 5.75 Å². The number of nitrogens with zero attached hydrogens (tertiary/aromatic N) is 4. The average molecular weight is 250 g/mol. The van der Waals surface area contributed by atoms with E-state index in [1.54, 1.807) is 0 Å². The number of aromatic nitrogens is 4. The lowest BCUT2D eigenvalue weighted by molar-refractivity contribution is -0.384. The number of carbonyl (C=O) groups is 1. The zero-order chi connectivity index (χ0) is 13.1. The van der Waals surface area contributed by atoms with Crippen molar-refractivity contribution in [2.75, 3.05) is 5.32 Å². The summed E-state index contributed by atoms with van der Waals surface area (Å²) >= 11 is 0. The van der Waals surface area contributed by atoms with Gasteiger partial charge in [0.2, 0.25) is 0 Å². The number of phenols is 1. The largest absolute Gasteiger partial charge is 0.506 e. The highest BCUT2D eigenvalue weighted by Crippen LogP contribution is 2.27. The summed E-state index contributed by atoms with van der Waals surface area (Å²) in [6.07, 6.45) is 0. The molecule has 0 fully saturated rings. The molecule has 0 saturated carbocycles. The van der Waals surface area contributed by atoms with E-state index in [1.165, 1.54) is 0 Å². The Morgan fingerprint density at radius 2 is 2.28 bits per heavy atom. The highest BCUT2D eigenvalue weighted by atomic mass is 16.6. The minimum absolute atomic E-state index is 0.112. The Labute approximate surface area is 98.8 Å². The molecule has 0 spiro atoms. The van der Waals surface area contributed by atoms with Gasteiger partial charge in [-0.25, -0.2) is 0 Å². The molecular weight excluding hydrogens is 244 g/mol. The maximum absolute atomic E-state index is 11.5. The summed E-state index contributed by atoms with van der Waals surface area (Å²) in [5, 5.41) is 34.4. The molecule has 0 bridgehead atoms. The quantitative estimate of drug-likeness (QED) is 0.396. The van der Waals surface area contributed by atoms with Gasteiger partial charge < -0.3 is 10.4 Å². The van der Waals surface area contributed by atoms with E-state index in [9.17, 15) is 20.0 Å². The molecule has 0 unspecified atom stereocenters. The molecule has 18 heavy (non-hydrogen) atoms. The van der Waals surface area contributed by atoms with Crippen LogP contribution in [-0.2, 0) is 0 Å². The normalized spacial score (nSPS) is 10.0. The number of hydrogen-bond donors (Lipinski definition) is 3. The Bertz CT molecular complexity index is 596. The number of benzene rings is 1. The first-order valence-corrected chi connectivity index (χ1v) is 4.60. The first-order chi connectivity index (χ1) is 8.58. The molecule has 2 rings (SSSR count). The molecule has 92 valence electrons. The Kier molecular flexibility index (Phi) is 2.83. The van der Waals surface area contributed by atoms with Gasteiger partial charge in [0, 0.05) is 12.1 Å². The van der Waals surface area contributed by atoms with Crippen molar-refractivity contribution in [3.63, 3.8) is 0 Å². The molecule has 1 amide bonds. The highest BCUT2D eigenvalue weighted by molar-refractivity contribution is 6.02. The molecule has 3 N–H and O–H groups in total. The monoisotopic (exact) mass is 250 g/mol. The van der Waals surface area contributed by atoms with E-state index in [1.807, 2.05) is 0 Å². The van der Waals surface area contributed by atoms with Crippen LogP contribution < -0.4 is 5.32 Å². The number of aromatic hydroxyl groups is 1. The van der Waals surface area contributed by atoms with Crippen molar-refractivity contribution in [2.45, 2.75) is 0 Å². The van der Waals surface area contributed by atoms with Gasteiger partial charge in [-0.1, -0.05) is 0 Å². The number of tetrazole rings is 1. The number of anilines is 1. The van der Waals surface area contributed by atoms with Gasteiger partial charge in [0.05, 0.1) is 10.6 Å². The Balaban J connectivity index is 2.26. The number of rotatable bonds is 3. The molecule has 1 heterocycles. The second-order valence-electron chi connectivity index (χ2n) is 3.15. The molecule has 2 aromatic rings. The molecule has 0 atom stereocenters.